The highest BCUT2D eigenvalue weighted by molar-refractivity contribution is 5.97. The Morgan fingerprint density at radius 1 is 1.05 bits per heavy atom. The van der Waals surface area contributed by atoms with Gasteiger partial charge in [-0.05, 0) is 42.8 Å². The molecule has 0 spiro atoms. The van der Waals surface area contributed by atoms with E-state index in [1.165, 1.54) is 12.1 Å². The van der Waals surface area contributed by atoms with Gasteiger partial charge in [-0.15, -0.1) is 0 Å². The van der Waals surface area contributed by atoms with E-state index in [-0.39, 0.29) is 5.91 Å². The van der Waals surface area contributed by atoms with E-state index in [9.17, 15) is 18.0 Å². The normalized spacial score (nSPS) is 14.2. The second-order valence-corrected chi connectivity index (χ2v) is 4.91. The molecule has 1 heterocycles. The number of alkyl halides is 3. The van der Waals surface area contributed by atoms with E-state index in [4.69, 9.17) is 4.74 Å². The van der Waals surface area contributed by atoms with Crippen LogP contribution in [0, 0.1) is 0 Å². The lowest BCUT2D eigenvalue weighted by molar-refractivity contribution is -0.137. The zero-order valence-corrected chi connectivity index (χ0v) is 11.4. The molecule has 0 bridgehead atoms. The van der Waals surface area contributed by atoms with Crippen molar-refractivity contribution >= 4 is 5.91 Å². The first kappa shape index (κ1) is 14.4. The van der Waals surface area contributed by atoms with Gasteiger partial charge >= 0.3 is 6.18 Å². The SMILES string of the molecule is O=C1NCCc2c(Oc3ccc(C(F)(F)F)cc3)cccc21. The lowest BCUT2D eigenvalue weighted by atomic mass is 9.99. The smallest absolute Gasteiger partial charge is 0.416 e. The van der Waals surface area contributed by atoms with Gasteiger partial charge in [0.15, 0.2) is 0 Å². The van der Waals surface area contributed by atoms with Crippen molar-refractivity contribution in [2.45, 2.75) is 12.6 Å². The highest BCUT2D eigenvalue weighted by Gasteiger charge is 2.30. The van der Waals surface area contributed by atoms with Crippen molar-refractivity contribution in [3.63, 3.8) is 0 Å². The van der Waals surface area contributed by atoms with Gasteiger partial charge in [-0.3, -0.25) is 4.79 Å². The Morgan fingerprint density at radius 3 is 2.45 bits per heavy atom. The maximum Gasteiger partial charge on any atom is 0.416 e. The zero-order valence-electron chi connectivity index (χ0n) is 11.4. The number of carbonyl (C=O) groups is 1. The fourth-order valence-electron chi connectivity index (χ4n) is 2.37. The van der Waals surface area contributed by atoms with Crippen molar-refractivity contribution < 1.29 is 22.7 Å². The van der Waals surface area contributed by atoms with Gasteiger partial charge in [0.2, 0.25) is 0 Å². The van der Waals surface area contributed by atoms with Gasteiger partial charge in [0, 0.05) is 17.7 Å². The van der Waals surface area contributed by atoms with E-state index in [0.29, 0.717) is 30.0 Å². The highest BCUT2D eigenvalue weighted by atomic mass is 19.4. The fraction of sp³-hybridized carbons (Fsp3) is 0.188. The number of nitrogens with one attached hydrogen (secondary N) is 1. The summed E-state index contributed by atoms with van der Waals surface area (Å²) < 4.78 is 43.2. The molecule has 1 amide bonds. The summed E-state index contributed by atoms with van der Waals surface area (Å²) in [7, 11) is 0. The lowest BCUT2D eigenvalue weighted by Crippen LogP contribution is -2.31. The maximum absolute atomic E-state index is 12.5. The average Bonchev–Trinajstić information content (AvgIpc) is 2.48. The van der Waals surface area contributed by atoms with Crippen LogP contribution in [0.2, 0.25) is 0 Å². The number of hydrogen-bond acceptors (Lipinski definition) is 2. The van der Waals surface area contributed by atoms with Crippen LogP contribution in [0.3, 0.4) is 0 Å². The second kappa shape index (κ2) is 5.36. The first-order chi connectivity index (χ1) is 10.4. The van der Waals surface area contributed by atoms with E-state index < -0.39 is 11.7 Å². The number of halogens is 3. The Hall–Kier alpha value is -2.50. The molecule has 1 aliphatic rings. The number of benzene rings is 2. The monoisotopic (exact) mass is 307 g/mol. The van der Waals surface area contributed by atoms with Gasteiger partial charge in [-0.1, -0.05) is 6.07 Å². The fourth-order valence-corrected chi connectivity index (χ4v) is 2.37. The Morgan fingerprint density at radius 2 is 1.77 bits per heavy atom. The van der Waals surface area contributed by atoms with Crippen LogP contribution in [-0.4, -0.2) is 12.5 Å². The molecule has 114 valence electrons. The maximum atomic E-state index is 12.5. The van der Waals surface area contributed by atoms with Crippen LogP contribution in [0.15, 0.2) is 42.5 Å². The summed E-state index contributed by atoms with van der Waals surface area (Å²) in [6, 6.07) is 9.56. The van der Waals surface area contributed by atoms with Crippen molar-refractivity contribution in [2.24, 2.45) is 0 Å². The second-order valence-electron chi connectivity index (χ2n) is 4.91. The summed E-state index contributed by atoms with van der Waals surface area (Å²) >= 11 is 0. The summed E-state index contributed by atoms with van der Waals surface area (Å²) in [6.07, 6.45) is -3.75. The molecule has 0 fully saturated rings. The Kier molecular flexibility index (Phi) is 3.52. The minimum absolute atomic E-state index is 0.167. The summed E-state index contributed by atoms with van der Waals surface area (Å²) in [5, 5.41) is 2.73. The number of rotatable bonds is 2. The van der Waals surface area contributed by atoms with E-state index in [1.54, 1.807) is 18.2 Å². The number of fused-ring (bicyclic) bond motifs is 1. The van der Waals surface area contributed by atoms with Crippen LogP contribution in [0.1, 0.15) is 21.5 Å². The number of hydrogen-bond donors (Lipinski definition) is 1. The average molecular weight is 307 g/mol. The molecule has 0 unspecified atom stereocenters. The van der Waals surface area contributed by atoms with Crippen molar-refractivity contribution in [1.29, 1.82) is 0 Å². The Balaban J connectivity index is 1.88. The molecule has 2 aromatic carbocycles. The van der Waals surface area contributed by atoms with Crippen LogP contribution in [-0.2, 0) is 12.6 Å². The van der Waals surface area contributed by atoms with Gasteiger partial charge in [0.25, 0.3) is 5.91 Å². The Bertz CT molecular complexity index is 708. The number of amides is 1. The largest absolute Gasteiger partial charge is 0.457 e. The van der Waals surface area contributed by atoms with Crippen LogP contribution in [0.4, 0.5) is 13.2 Å². The molecule has 0 aliphatic carbocycles. The van der Waals surface area contributed by atoms with Crippen molar-refractivity contribution in [1.82, 2.24) is 5.32 Å². The lowest BCUT2D eigenvalue weighted by Gasteiger charge is -2.19. The molecular weight excluding hydrogens is 295 g/mol. The van der Waals surface area contributed by atoms with Crippen molar-refractivity contribution in [3.8, 4) is 11.5 Å². The van der Waals surface area contributed by atoms with E-state index >= 15 is 0 Å². The standard InChI is InChI=1S/C16H12F3NO2/c17-16(18,19)10-4-6-11(7-5-10)22-14-3-1-2-13-12(14)8-9-20-15(13)21/h1-7H,8-9H2,(H,20,21). The molecule has 1 aliphatic heterocycles. The van der Waals surface area contributed by atoms with E-state index in [0.717, 1.165) is 17.7 Å². The first-order valence-electron chi connectivity index (χ1n) is 6.70. The van der Waals surface area contributed by atoms with Gasteiger partial charge in [-0.25, -0.2) is 0 Å². The predicted molar refractivity (Wildman–Crippen MR) is 74.0 cm³/mol. The zero-order chi connectivity index (χ0) is 15.7. The molecule has 0 saturated carbocycles. The van der Waals surface area contributed by atoms with Crippen molar-refractivity contribution in [2.75, 3.05) is 6.54 Å². The molecule has 6 heteroatoms. The molecule has 0 radical (unpaired) electrons. The molecule has 0 saturated heterocycles. The molecule has 22 heavy (non-hydrogen) atoms. The van der Waals surface area contributed by atoms with Crippen LogP contribution < -0.4 is 10.1 Å². The molecule has 2 aromatic rings. The summed E-state index contributed by atoms with van der Waals surface area (Å²) in [5.74, 6) is 0.624. The van der Waals surface area contributed by atoms with E-state index in [1.807, 2.05) is 0 Å². The van der Waals surface area contributed by atoms with E-state index in [2.05, 4.69) is 5.32 Å². The molecule has 1 N–H and O–H groups in total. The third-order valence-electron chi connectivity index (χ3n) is 3.45. The van der Waals surface area contributed by atoms with Crippen molar-refractivity contribution in [3.05, 3.63) is 59.2 Å². The van der Waals surface area contributed by atoms with Crippen LogP contribution in [0.5, 0.6) is 11.5 Å². The van der Waals surface area contributed by atoms with Gasteiger partial charge in [-0.2, -0.15) is 13.2 Å². The van der Waals surface area contributed by atoms with Gasteiger partial charge < -0.3 is 10.1 Å². The summed E-state index contributed by atoms with van der Waals surface area (Å²) in [6.45, 7) is 0.513. The quantitative estimate of drug-likeness (QED) is 0.917. The minimum atomic E-state index is -4.37. The molecule has 0 aromatic heterocycles. The molecule has 3 rings (SSSR count). The summed E-state index contributed by atoms with van der Waals surface area (Å²) in [5.41, 5.74) is 0.580. The van der Waals surface area contributed by atoms with Crippen LogP contribution in [0.25, 0.3) is 0 Å². The molecule has 3 nitrogen and oxygen atoms in total. The minimum Gasteiger partial charge on any atom is -0.457 e. The summed E-state index contributed by atoms with van der Waals surface area (Å²) in [4.78, 5) is 11.8. The van der Waals surface area contributed by atoms with Crippen LogP contribution >= 0.6 is 0 Å². The third-order valence-corrected chi connectivity index (χ3v) is 3.45. The Labute approximate surface area is 124 Å². The van der Waals surface area contributed by atoms with Gasteiger partial charge in [0.1, 0.15) is 11.5 Å². The van der Waals surface area contributed by atoms with Gasteiger partial charge in [0.05, 0.1) is 5.56 Å². The molecule has 0 atom stereocenters. The first-order valence-corrected chi connectivity index (χ1v) is 6.70. The number of carbonyl (C=O) groups excluding carboxylic acids is 1. The topological polar surface area (TPSA) is 38.3 Å². The molecular formula is C16H12F3NO2. The predicted octanol–water partition coefficient (Wildman–Crippen LogP) is 3.78. The highest BCUT2D eigenvalue weighted by Crippen LogP contribution is 2.33. The number of ether oxygens (including phenoxy) is 1. The third kappa shape index (κ3) is 2.77.